The molecular formula is C22H22FN3O3. The highest BCUT2D eigenvalue weighted by atomic mass is 19.1. The predicted octanol–water partition coefficient (Wildman–Crippen LogP) is 3.07. The maximum atomic E-state index is 13.7. The number of nitrogens with one attached hydrogen (secondary N) is 1. The van der Waals surface area contributed by atoms with Gasteiger partial charge < -0.3 is 10.1 Å². The molecule has 1 amide bonds. The summed E-state index contributed by atoms with van der Waals surface area (Å²) in [5.74, 6) is -0.668. The third kappa shape index (κ3) is 4.87. The van der Waals surface area contributed by atoms with E-state index in [-0.39, 0.29) is 23.8 Å². The standard InChI is InChI=1S/C22H22FN3O3/c1-14-8-9-18(12-15(14)2)26-21(27)11-10-20(25-26)29-16(3)22(28)24-13-17-6-4-5-7-19(17)23/h4-12,16H,13H2,1-3H3,(H,24,28). The fraction of sp³-hybridized carbons (Fsp3) is 0.227. The Morgan fingerprint density at radius 2 is 1.90 bits per heavy atom. The average Bonchev–Trinajstić information content (AvgIpc) is 2.70. The Kier molecular flexibility index (Phi) is 6.07. The lowest BCUT2D eigenvalue weighted by molar-refractivity contribution is -0.127. The quantitative estimate of drug-likeness (QED) is 0.696. The largest absolute Gasteiger partial charge is 0.464 e. The van der Waals surface area contributed by atoms with E-state index in [1.165, 1.54) is 22.9 Å². The second-order valence-electron chi connectivity index (χ2n) is 6.76. The van der Waals surface area contributed by atoms with E-state index < -0.39 is 12.0 Å². The van der Waals surface area contributed by atoms with Crippen LogP contribution in [0.3, 0.4) is 0 Å². The van der Waals surface area contributed by atoms with E-state index >= 15 is 0 Å². The number of amides is 1. The van der Waals surface area contributed by atoms with Crippen LogP contribution in [0.1, 0.15) is 23.6 Å². The van der Waals surface area contributed by atoms with Crippen molar-refractivity contribution in [3.63, 3.8) is 0 Å². The first-order valence-corrected chi connectivity index (χ1v) is 9.21. The molecule has 1 atom stereocenters. The highest BCUT2D eigenvalue weighted by Crippen LogP contribution is 2.14. The maximum Gasteiger partial charge on any atom is 0.271 e. The van der Waals surface area contributed by atoms with Crippen LogP contribution < -0.4 is 15.6 Å². The SMILES string of the molecule is Cc1ccc(-n2nc(OC(C)C(=O)NCc3ccccc3F)ccc2=O)cc1C. The second-order valence-corrected chi connectivity index (χ2v) is 6.76. The maximum absolute atomic E-state index is 13.7. The molecule has 1 heterocycles. The lowest BCUT2D eigenvalue weighted by Gasteiger charge is -2.15. The van der Waals surface area contributed by atoms with Gasteiger partial charge in [-0.25, -0.2) is 4.39 Å². The third-order valence-electron chi connectivity index (χ3n) is 4.59. The van der Waals surface area contributed by atoms with Gasteiger partial charge in [0, 0.05) is 24.2 Å². The van der Waals surface area contributed by atoms with E-state index in [0.717, 1.165) is 11.1 Å². The minimum absolute atomic E-state index is 0.0504. The minimum atomic E-state index is -0.875. The normalized spacial score (nSPS) is 11.7. The molecule has 0 radical (unpaired) electrons. The van der Waals surface area contributed by atoms with Gasteiger partial charge in [-0.3, -0.25) is 9.59 Å². The van der Waals surface area contributed by atoms with Gasteiger partial charge in [-0.05, 0) is 50.1 Å². The van der Waals surface area contributed by atoms with E-state index in [9.17, 15) is 14.0 Å². The molecule has 3 rings (SSSR count). The van der Waals surface area contributed by atoms with E-state index in [4.69, 9.17) is 4.74 Å². The number of carbonyl (C=O) groups excluding carboxylic acids is 1. The van der Waals surface area contributed by atoms with Crippen LogP contribution in [0, 0.1) is 19.7 Å². The summed E-state index contributed by atoms with van der Waals surface area (Å²) >= 11 is 0. The van der Waals surface area contributed by atoms with Crippen LogP contribution in [-0.2, 0) is 11.3 Å². The number of ether oxygens (including phenoxy) is 1. The molecule has 7 heteroatoms. The Hall–Kier alpha value is -3.48. The predicted molar refractivity (Wildman–Crippen MR) is 108 cm³/mol. The van der Waals surface area contributed by atoms with Crippen LogP contribution in [0.4, 0.5) is 4.39 Å². The molecular weight excluding hydrogens is 373 g/mol. The highest BCUT2D eigenvalue weighted by Gasteiger charge is 2.16. The van der Waals surface area contributed by atoms with Gasteiger partial charge in [0.2, 0.25) is 5.88 Å². The number of rotatable bonds is 6. The number of nitrogens with zero attached hydrogens (tertiary/aromatic N) is 2. The van der Waals surface area contributed by atoms with E-state index in [1.54, 1.807) is 31.2 Å². The van der Waals surface area contributed by atoms with Crippen LogP contribution in [0.25, 0.3) is 5.69 Å². The number of hydrogen-bond acceptors (Lipinski definition) is 4. The summed E-state index contributed by atoms with van der Waals surface area (Å²) in [6, 6.07) is 14.5. The van der Waals surface area contributed by atoms with Crippen molar-refractivity contribution in [2.45, 2.75) is 33.4 Å². The van der Waals surface area contributed by atoms with Crippen molar-refractivity contribution in [3.8, 4) is 11.6 Å². The highest BCUT2D eigenvalue weighted by molar-refractivity contribution is 5.80. The Morgan fingerprint density at radius 3 is 2.62 bits per heavy atom. The van der Waals surface area contributed by atoms with Gasteiger partial charge in [0.25, 0.3) is 11.5 Å². The van der Waals surface area contributed by atoms with E-state index in [1.807, 2.05) is 26.0 Å². The van der Waals surface area contributed by atoms with Crippen LogP contribution in [-0.4, -0.2) is 21.8 Å². The third-order valence-corrected chi connectivity index (χ3v) is 4.59. The molecule has 6 nitrogen and oxygen atoms in total. The number of carbonyl (C=O) groups is 1. The summed E-state index contributed by atoms with van der Waals surface area (Å²) in [5, 5.41) is 6.84. The van der Waals surface area contributed by atoms with Crippen molar-refractivity contribution < 1.29 is 13.9 Å². The van der Waals surface area contributed by atoms with E-state index in [2.05, 4.69) is 10.4 Å². The van der Waals surface area contributed by atoms with Gasteiger partial charge in [0.1, 0.15) is 5.82 Å². The van der Waals surface area contributed by atoms with Gasteiger partial charge in [-0.2, -0.15) is 4.68 Å². The van der Waals surface area contributed by atoms with Crippen LogP contribution in [0.15, 0.2) is 59.4 Å². The molecule has 0 spiro atoms. The first-order chi connectivity index (χ1) is 13.8. The number of benzene rings is 2. The summed E-state index contributed by atoms with van der Waals surface area (Å²) in [7, 11) is 0. The van der Waals surface area contributed by atoms with Crippen molar-refractivity contribution in [1.29, 1.82) is 0 Å². The zero-order valence-electron chi connectivity index (χ0n) is 16.5. The summed E-state index contributed by atoms with van der Waals surface area (Å²) < 4.78 is 20.5. The summed E-state index contributed by atoms with van der Waals surface area (Å²) in [5.41, 5.74) is 2.82. The molecule has 2 aromatic carbocycles. The number of aromatic nitrogens is 2. The van der Waals surface area contributed by atoms with Crippen molar-refractivity contribution in [3.05, 3.63) is 87.5 Å². The first kappa shape index (κ1) is 20.3. The number of halogens is 1. The second kappa shape index (κ2) is 8.68. The fourth-order valence-electron chi connectivity index (χ4n) is 2.70. The van der Waals surface area contributed by atoms with Crippen LogP contribution in [0.2, 0.25) is 0 Å². The van der Waals surface area contributed by atoms with Gasteiger partial charge in [0.15, 0.2) is 6.10 Å². The molecule has 0 aliphatic rings. The Morgan fingerprint density at radius 1 is 1.14 bits per heavy atom. The molecule has 0 fully saturated rings. The Bertz CT molecular complexity index is 1090. The van der Waals surface area contributed by atoms with Gasteiger partial charge in [-0.15, -0.1) is 5.10 Å². The fourth-order valence-corrected chi connectivity index (χ4v) is 2.70. The Labute approximate surface area is 168 Å². The molecule has 0 aliphatic heterocycles. The van der Waals surface area contributed by atoms with Gasteiger partial charge in [0.05, 0.1) is 5.69 Å². The zero-order valence-corrected chi connectivity index (χ0v) is 16.5. The Balaban J connectivity index is 1.71. The van der Waals surface area contributed by atoms with E-state index in [0.29, 0.717) is 11.3 Å². The molecule has 1 unspecified atom stereocenters. The molecule has 150 valence electrons. The smallest absolute Gasteiger partial charge is 0.271 e. The molecule has 1 N–H and O–H groups in total. The molecule has 0 saturated heterocycles. The first-order valence-electron chi connectivity index (χ1n) is 9.21. The van der Waals surface area contributed by atoms with Gasteiger partial charge >= 0.3 is 0 Å². The number of aryl methyl sites for hydroxylation is 2. The topological polar surface area (TPSA) is 73.2 Å². The molecule has 3 aromatic rings. The van der Waals surface area contributed by atoms with Crippen molar-refractivity contribution in [2.24, 2.45) is 0 Å². The molecule has 1 aromatic heterocycles. The summed E-state index contributed by atoms with van der Waals surface area (Å²) in [4.78, 5) is 24.5. The lowest BCUT2D eigenvalue weighted by atomic mass is 10.1. The summed E-state index contributed by atoms with van der Waals surface area (Å²) in [6.45, 7) is 5.54. The van der Waals surface area contributed by atoms with Crippen LogP contribution >= 0.6 is 0 Å². The van der Waals surface area contributed by atoms with Crippen molar-refractivity contribution >= 4 is 5.91 Å². The minimum Gasteiger partial charge on any atom is -0.464 e. The lowest BCUT2D eigenvalue weighted by Crippen LogP contribution is -2.36. The molecule has 0 saturated carbocycles. The van der Waals surface area contributed by atoms with Crippen molar-refractivity contribution in [1.82, 2.24) is 15.1 Å². The molecule has 0 aliphatic carbocycles. The van der Waals surface area contributed by atoms with Gasteiger partial charge in [-0.1, -0.05) is 24.3 Å². The molecule has 0 bridgehead atoms. The monoisotopic (exact) mass is 395 g/mol. The van der Waals surface area contributed by atoms with Crippen LogP contribution in [0.5, 0.6) is 5.88 Å². The molecule has 29 heavy (non-hydrogen) atoms. The average molecular weight is 395 g/mol. The van der Waals surface area contributed by atoms with Crippen molar-refractivity contribution in [2.75, 3.05) is 0 Å². The zero-order chi connectivity index (χ0) is 21.0. The summed E-state index contributed by atoms with van der Waals surface area (Å²) in [6.07, 6.45) is -0.875. The number of hydrogen-bond donors (Lipinski definition) is 1.